The zero-order valence-electron chi connectivity index (χ0n) is 7.72. The Hall–Kier alpha value is -1.09. The molecular formula is C9H10ClNO2. The van der Waals surface area contributed by atoms with Crippen molar-refractivity contribution in [1.82, 2.24) is 4.98 Å². The van der Waals surface area contributed by atoms with Gasteiger partial charge in [0.05, 0.1) is 18.4 Å². The van der Waals surface area contributed by atoms with Crippen LogP contribution in [0.25, 0.3) is 0 Å². The number of hydrogen-bond donors (Lipinski definition) is 0. The summed E-state index contributed by atoms with van der Waals surface area (Å²) < 4.78 is 4.59. The Morgan fingerprint density at radius 1 is 1.54 bits per heavy atom. The highest BCUT2D eigenvalue weighted by molar-refractivity contribution is 6.30. The number of rotatable bonds is 1. The number of hydrogen-bond acceptors (Lipinski definition) is 3. The molecule has 0 aliphatic heterocycles. The molecule has 3 nitrogen and oxygen atoms in total. The van der Waals surface area contributed by atoms with Crippen molar-refractivity contribution in [1.29, 1.82) is 0 Å². The molecule has 0 saturated heterocycles. The van der Waals surface area contributed by atoms with Crippen molar-refractivity contribution in [2.24, 2.45) is 0 Å². The van der Waals surface area contributed by atoms with Crippen molar-refractivity contribution in [2.75, 3.05) is 7.11 Å². The largest absolute Gasteiger partial charge is 0.465 e. The number of halogens is 1. The highest BCUT2D eigenvalue weighted by Crippen LogP contribution is 2.16. The van der Waals surface area contributed by atoms with E-state index in [9.17, 15) is 4.79 Å². The molecule has 0 aliphatic rings. The fraction of sp³-hybridized carbons (Fsp3) is 0.333. The summed E-state index contributed by atoms with van der Waals surface area (Å²) in [5.41, 5.74) is 1.82. The van der Waals surface area contributed by atoms with E-state index < -0.39 is 0 Å². The Morgan fingerprint density at radius 3 is 2.69 bits per heavy atom. The van der Waals surface area contributed by atoms with Gasteiger partial charge < -0.3 is 4.74 Å². The maximum Gasteiger partial charge on any atom is 0.339 e. The van der Waals surface area contributed by atoms with Crippen LogP contribution in [0.2, 0.25) is 5.15 Å². The van der Waals surface area contributed by atoms with Gasteiger partial charge >= 0.3 is 5.97 Å². The predicted octanol–water partition coefficient (Wildman–Crippen LogP) is 2.14. The second-order valence-electron chi connectivity index (χ2n) is 2.72. The third-order valence-electron chi connectivity index (χ3n) is 1.75. The fourth-order valence-corrected chi connectivity index (χ4v) is 1.17. The molecule has 70 valence electrons. The Labute approximate surface area is 81.7 Å². The molecule has 0 atom stereocenters. The van der Waals surface area contributed by atoms with Gasteiger partial charge in [-0.05, 0) is 25.5 Å². The van der Waals surface area contributed by atoms with Crippen LogP contribution in [-0.2, 0) is 4.74 Å². The van der Waals surface area contributed by atoms with Crippen LogP contribution in [0.4, 0.5) is 0 Å². The first-order valence-electron chi connectivity index (χ1n) is 3.78. The number of pyridine rings is 1. The van der Waals surface area contributed by atoms with E-state index in [1.165, 1.54) is 7.11 Å². The molecule has 13 heavy (non-hydrogen) atoms. The van der Waals surface area contributed by atoms with Gasteiger partial charge in [-0.1, -0.05) is 11.6 Å². The smallest absolute Gasteiger partial charge is 0.339 e. The molecule has 0 aliphatic carbocycles. The molecule has 0 aromatic carbocycles. The van der Waals surface area contributed by atoms with Crippen LogP contribution in [-0.4, -0.2) is 18.1 Å². The van der Waals surface area contributed by atoms with Crippen LogP contribution in [0.5, 0.6) is 0 Å². The predicted molar refractivity (Wildman–Crippen MR) is 50.1 cm³/mol. The number of aryl methyl sites for hydroxylation is 2. The minimum atomic E-state index is -0.384. The van der Waals surface area contributed by atoms with E-state index in [-0.39, 0.29) is 5.97 Å². The summed E-state index contributed by atoms with van der Waals surface area (Å²) in [5.74, 6) is -0.384. The average molecular weight is 200 g/mol. The maximum atomic E-state index is 11.2. The fourth-order valence-electron chi connectivity index (χ4n) is 0.993. The highest BCUT2D eigenvalue weighted by atomic mass is 35.5. The van der Waals surface area contributed by atoms with Gasteiger partial charge in [0.15, 0.2) is 0 Å². The van der Waals surface area contributed by atoms with Gasteiger partial charge in [0, 0.05) is 0 Å². The Bertz CT molecular complexity index is 350. The van der Waals surface area contributed by atoms with Gasteiger partial charge in [-0.15, -0.1) is 0 Å². The summed E-state index contributed by atoms with van der Waals surface area (Å²) in [4.78, 5) is 15.2. The number of carbonyl (C=O) groups excluding carboxylic acids is 1. The van der Waals surface area contributed by atoms with Gasteiger partial charge in [-0.2, -0.15) is 0 Å². The van der Waals surface area contributed by atoms with Crippen molar-refractivity contribution in [3.05, 3.63) is 28.0 Å². The molecule has 1 rings (SSSR count). The minimum absolute atomic E-state index is 0.384. The summed E-state index contributed by atoms with van der Waals surface area (Å²) in [6.45, 7) is 3.51. The molecule has 0 spiro atoms. The third kappa shape index (κ3) is 1.98. The second kappa shape index (κ2) is 3.75. The number of aromatic nitrogens is 1. The van der Waals surface area contributed by atoms with E-state index in [1.54, 1.807) is 19.9 Å². The molecule has 0 bridgehead atoms. The first kappa shape index (κ1) is 9.99. The van der Waals surface area contributed by atoms with E-state index in [0.29, 0.717) is 16.4 Å². The molecule has 1 aromatic rings. The first-order chi connectivity index (χ1) is 6.06. The quantitative estimate of drug-likeness (QED) is 0.514. The van der Waals surface area contributed by atoms with Crippen LogP contribution < -0.4 is 0 Å². The van der Waals surface area contributed by atoms with Crippen molar-refractivity contribution < 1.29 is 9.53 Å². The molecule has 0 unspecified atom stereocenters. The van der Waals surface area contributed by atoms with E-state index in [2.05, 4.69) is 9.72 Å². The lowest BCUT2D eigenvalue weighted by molar-refractivity contribution is 0.0599. The molecule has 0 fully saturated rings. The molecule has 1 heterocycles. The highest BCUT2D eigenvalue weighted by Gasteiger charge is 2.11. The summed E-state index contributed by atoms with van der Waals surface area (Å²) >= 11 is 5.77. The minimum Gasteiger partial charge on any atom is -0.465 e. The van der Waals surface area contributed by atoms with Crippen molar-refractivity contribution >= 4 is 17.6 Å². The van der Waals surface area contributed by atoms with Gasteiger partial charge in [0.1, 0.15) is 5.15 Å². The number of esters is 1. The standard InChI is InChI=1S/C9H10ClNO2/c1-5-4-7(9(12)13-3)6(2)11-8(5)10/h4H,1-3H3. The van der Waals surface area contributed by atoms with Gasteiger partial charge in [-0.25, -0.2) is 9.78 Å². The van der Waals surface area contributed by atoms with E-state index in [0.717, 1.165) is 5.56 Å². The molecule has 0 saturated carbocycles. The molecule has 4 heteroatoms. The summed E-state index contributed by atoms with van der Waals surface area (Å²) in [6.07, 6.45) is 0. The van der Waals surface area contributed by atoms with Crippen LogP contribution in [0.1, 0.15) is 21.6 Å². The Morgan fingerprint density at radius 2 is 2.15 bits per heavy atom. The lowest BCUT2D eigenvalue weighted by Gasteiger charge is -2.05. The zero-order valence-corrected chi connectivity index (χ0v) is 8.47. The lowest BCUT2D eigenvalue weighted by Crippen LogP contribution is -2.06. The summed E-state index contributed by atoms with van der Waals surface area (Å²) in [7, 11) is 1.34. The van der Waals surface area contributed by atoms with Crippen LogP contribution in [0.3, 0.4) is 0 Å². The van der Waals surface area contributed by atoms with Gasteiger partial charge in [0.2, 0.25) is 0 Å². The van der Waals surface area contributed by atoms with Crippen molar-refractivity contribution in [3.63, 3.8) is 0 Å². The molecule has 0 N–H and O–H groups in total. The van der Waals surface area contributed by atoms with Gasteiger partial charge in [-0.3, -0.25) is 0 Å². The van der Waals surface area contributed by atoms with Gasteiger partial charge in [0.25, 0.3) is 0 Å². The first-order valence-corrected chi connectivity index (χ1v) is 4.16. The maximum absolute atomic E-state index is 11.2. The Kier molecular flexibility index (Phi) is 2.88. The number of methoxy groups -OCH3 is 1. The molecule has 1 aromatic heterocycles. The van der Waals surface area contributed by atoms with Crippen molar-refractivity contribution in [3.8, 4) is 0 Å². The van der Waals surface area contributed by atoms with Crippen LogP contribution >= 0.6 is 11.6 Å². The number of ether oxygens (including phenoxy) is 1. The number of carbonyl (C=O) groups is 1. The lowest BCUT2D eigenvalue weighted by atomic mass is 10.1. The van der Waals surface area contributed by atoms with Crippen LogP contribution in [0.15, 0.2) is 6.07 Å². The normalized spacial score (nSPS) is 9.85. The third-order valence-corrected chi connectivity index (χ3v) is 2.13. The second-order valence-corrected chi connectivity index (χ2v) is 3.08. The van der Waals surface area contributed by atoms with E-state index in [1.807, 2.05) is 0 Å². The van der Waals surface area contributed by atoms with E-state index in [4.69, 9.17) is 11.6 Å². The average Bonchev–Trinajstić information content (AvgIpc) is 2.10. The molecular weight excluding hydrogens is 190 g/mol. The van der Waals surface area contributed by atoms with E-state index >= 15 is 0 Å². The summed E-state index contributed by atoms with van der Waals surface area (Å²) in [5, 5.41) is 0.421. The molecule has 0 amide bonds. The Balaban J connectivity index is 3.23. The summed E-state index contributed by atoms with van der Waals surface area (Å²) in [6, 6.07) is 1.68. The van der Waals surface area contributed by atoms with Crippen molar-refractivity contribution in [2.45, 2.75) is 13.8 Å². The van der Waals surface area contributed by atoms with Crippen LogP contribution in [0, 0.1) is 13.8 Å². The monoisotopic (exact) mass is 199 g/mol. The number of nitrogens with zero attached hydrogens (tertiary/aromatic N) is 1. The molecule has 0 radical (unpaired) electrons. The SMILES string of the molecule is COC(=O)c1cc(C)c(Cl)nc1C. The zero-order chi connectivity index (χ0) is 10.0. The topological polar surface area (TPSA) is 39.2 Å².